The molecule has 4 aromatic rings. The Morgan fingerprint density at radius 1 is 0.963 bits per heavy atom. The Kier molecular flexibility index (Phi) is 8.57. The highest BCUT2D eigenvalue weighted by Crippen LogP contribution is 2.65. The highest BCUT2D eigenvalue weighted by Gasteiger charge is 2.70. The van der Waals surface area contributed by atoms with Crippen molar-refractivity contribution >= 4 is 68.2 Å². The average molecular weight is 816 g/mol. The number of hydrogen-bond acceptors (Lipinski definition) is 9. The molecule has 274 valence electrons. The molecule has 4 aromatic carbocycles. The summed E-state index contributed by atoms with van der Waals surface area (Å²) in [7, 11) is 1.38. The molecule has 2 N–H and O–H groups in total. The van der Waals surface area contributed by atoms with Crippen molar-refractivity contribution < 1.29 is 38.3 Å². The minimum Gasteiger partial charge on any atom is -0.503 e. The number of allylic oxidation sites excluding steroid dienone is 2. The van der Waals surface area contributed by atoms with Gasteiger partial charge in [-0.1, -0.05) is 35.4 Å². The summed E-state index contributed by atoms with van der Waals surface area (Å²) in [6.07, 6.45) is 2.01. The zero-order valence-corrected chi connectivity index (χ0v) is 30.6. The van der Waals surface area contributed by atoms with Crippen LogP contribution < -0.4 is 15.1 Å². The summed E-state index contributed by atoms with van der Waals surface area (Å²) in [4.78, 5) is 70.4. The molecule has 54 heavy (non-hydrogen) atoms. The van der Waals surface area contributed by atoms with Gasteiger partial charge >= 0.3 is 0 Å². The predicted molar refractivity (Wildman–Crippen MR) is 197 cm³/mol. The van der Waals surface area contributed by atoms with E-state index in [1.165, 1.54) is 55.6 Å². The Morgan fingerprint density at radius 2 is 1.65 bits per heavy atom. The van der Waals surface area contributed by atoms with Gasteiger partial charge in [-0.05, 0) is 106 Å². The van der Waals surface area contributed by atoms with Gasteiger partial charge in [0.15, 0.2) is 11.5 Å². The second-order valence-corrected chi connectivity index (χ2v) is 15.0. The van der Waals surface area contributed by atoms with Crippen LogP contribution in [0.3, 0.4) is 0 Å². The molecule has 4 aliphatic rings. The van der Waals surface area contributed by atoms with Crippen LogP contribution in [-0.2, 0) is 24.6 Å². The molecule has 2 aliphatic carbocycles. The highest BCUT2D eigenvalue weighted by molar-refractivity contribution is 9.10. The van der Waals surface area contributed by atoms with Gasteiger partial charge in [0.2, 0.25) is 11.8 Å². The lowest BCUT2D eigenvalue weighted by molar-refractivity contribution is -0.384. The number of benzene rings is 4. The number of hydrazine groups is 1. The van der Waals surface area contributed by atoms with Crippen LogP contribution in [0.5, 0.6) is 11.5 Å². The Labute approximate surface area is 320 Å². The van der Waals surface area contributed by atoms with E-state index in [0.29, 0.717) is 21.7 Å². The number of fused-ring (bicyclic) bond motifs is 4. The molecular formula is C39H29BrClFN4O8. The largest absolute Gasteiger partial charge is 0.503 e. The van der Waals surface area contributed by atoms with Gasteiger partial charge in [-0.25, -0.2) is 4.39 Å². The minimum atomic E-state index is -1.64. The Hall–Kier alpha value is -5.60. The number of hydrogen-bond donors (Lipinski definition) is 2. The van der Waals surface area contributed by atoms with Gasteiger partial charge in [0.1, 0.15) is 5.82 Å². The molecule has 4 amide bonds. The number of imide groups is 2. The van der Waals surface area contributed by atoms with Crippen molar-refractivity contribution in [3.05, 3.63) is 133 Å². The van der Waals surface area contributed by atoms with Crippen LogP contribution in [0.1, 0.15) is 29.9 Å². The van der Waals surface area contributed by atoms with E-state index >= 15 is 4.79 Å². The maximum absolute atomic E-state index is 15.3. The molecule has 6 atom stereocenters. The quantitative estimate of drug-likeness (QED) is 0.0863. The fourth-order valence-corrected chi connectivity index (χ4v) is 9.51. The van der Waals surface area contributed by atoms with Crippen molar-refractivity contribution in [3.63, 3.8) is 0 Å². The highest BCUT2D eigenvalue weighted by atomic mass is 79.9. The van der Waals surface area contributed by atoms with Crippen LogP contribution in [0.15, 0.2) is 101 Å². The number of nitrogens with one attached hydrogen (secondary N) is 1. The van der Waals surface area contributed by atoms with Crippen molar-refractivity contribution in [2.45, 2.75) is 24.2 Å². The first-order valence-corrected chi connectivity index (χ1v) is 18.1. The molecule has 0 unspecified atom stereocenters. The second-order valence-electron chi connectivity index (χ2n) is 13.7. The maximum atomic E-state index is 15.3. The number of halogens is 3. The lowest BCUT2D eigenvalue weighted by Crippen LogP contribution is -2.53. The normalized spacial score (nSPS) is 25.9. The summed E-state index contributed by atoms with van der Waals surface area (Å²) in [6, 6.07) is 20.2. The molecule has 2 saturated heterocycles. The minimum absolute atomic E-state index is 0.00179. The van der Waals surface area contributed by atoms with Gasteiger partial charge in [-0.2, -0.15) is 5.01 Å². The smallest absolute Gasteiger partial charge is 0.269 e. The molecule has 2 aliphatic heterocycles. The maximum Gasteiger partial charge on any atom is 0.269 e. The molecule has 0 bridgehead atoms. The molecule has 12 nitrogen and oxygen atoms in total. The topological polar surface area (TPSA) is 159 Å². The van der Waals surface area contributed by atoms with Gasteiger partial charge in [-0.3, -0.25) is 39.6 Å². The Morgan fingerprint density at radius 3 is 2.30 bits per heavy atom. The first-order chi connectivity index (χ1) is 25.9. The zero-order valence-electron chi connectivity index (χ0n) is 28.2. The van der Waals surface area contributed by atoms with Crippen LogP contribution in [0, 0.1) is 39.6 Å². The van der Waals surface area contributed by atoms with Crippen LogP contribution >= 0.6 is 27.5 Å². The molecule has 0 spiro atoms. The first kappa shape index (κ1) is 35.4. The van der Waals surface area contributed by atoms with Crippen molar-refractivity contribution in [1.82, 2.24) is 5.01 Å². The van der Waals surface area contributed by atoms with E-state index in [1.807, 2.05) is 6.08 Å². The summed E-state index contributed by atoms with van der Waals surface area (Å²) in [6.45, 7) is 0. The van der Waals surface area contributed by atoms with Crippen molar-refractivity contribution in [1.29, 1.82) is 0 Å². The lowest BCUT2D eigenvalue weighted by Gasteiger charge is -2.50. The Bertz CT molecular complexity index is 2310. The summed E-state index contributed by atoms with van der Waals surface area (Å²) in [5.74, 6) is -7.28. The number of ether oxygens (including phenoxy) is 1. The van der Waals surface area contributed by atoms with Crippen molar-refractivity contribution in [3.8, 4) is 11.5 Å². The van der Waals surface area contributed by atoms with Crippen molar-refractivity contribution in [2.24, 2.45) is 23.7 Å². The molecule has 2 heterocycles. The van der Waals surface area contributed by atoms with Gasteiger partial charge in [-0.15, -0.1) is 0 Å². The van der Waals surface area contributed by atoms with Crippen LogP contribution in [0.2, 0.25) is 5.02 Å². The molecule has 1 saturated carbocycles. The van der Waals surface area contributed by atoms with E-state index in [0.717, 1.165) is 9.91 Å². The van der Waals surface area contributed by atoms with E-state index in [2.05, 4.69) is 21.4 Å². The molecule has 15 heteroatoms. The van der Waals surface area contributed by atoms with Gasteiger partial charge < -0.3 is 9.84 Å². The molecular weight excluding hydrogens is 787 g/mol. The van der Waals surface area contributed by atoms with E-state index in [4.69, 9.17) is 16.3 Å². The summed E-state index contributed by atoms with van der Waals surface area (Å²) in [5, 5.41) is 23.5. The zero-order chi connectivity index (χ0) is 38.2. The number of amides is 4. The number of nitrogens with zero attached hydrogens (tertiary/aromatic N) is 3. The standard InChI is InChI=1S/C39H29BrClFN4O8/c1-54-31-17-19(16-30(40)34(31)47)33-26-14-15-27-32(37(50)44(35(27)48)24-10-12-25(13-11-24)46(52)53)28(26)18-29-36(49)45(43-23-8-6-22(42)7-9-23)38(51)39(29,33)20-2-4-21(41)5-3-20/h2-14,16-17,27-29,32-33,43,47H,15,18H2,1H3/t27-,28+,29-,32-,33-,39+/m0/s1. The third-order valence-electron chi connectivity index (χ3n) is 11.2. The van der Waals surface area contributed by atoms with E-state index in [-0.39, 0.29) is 45.9 Å². The number of carbonyl (C=O) groups is 4. The van der Waals surface area contributed by atoms with E-state index in [1.54, 1.807) is 36.4 Å². The number of phenols is 1. The number of rotatable bonds is 7. The first-order valence-electron chi connectivity index (χ1n) is 16.9. The average Bonchev–Trinajstić information content (AvgIpc) is 3.54. The van der Waals surface area contributed by atoms with Gasteiger partial charge in [0, 0.05) is 23.1 Å². The lowest BCUT2D eigenvalue weighted by atomic mass is 9.49. The number of non-ortho nitro benzene ring substituents is 1. The number of nitro benzene ring substituents is 1. The van der Waals surface area contributed by atoms with Gasteiger partial charge in [0.05, 0.1) is 51.0 Å². The number of aromatic hydroxyl groups is 1. The fraction of sp³-hybridized carbons (Fsp3) is 0.231. The Balaban J connectivity index is 1.32. The number of nitro groups is 1. The SMILES string of the molecule is COc1cc([C@H]2C3=CC[C@@H]4C(=O)N(c5ccc([N+](=O)[O-])cc5)C(=O)[C@@H]4[C@@H]3C[C@H]3C(=O)N(Nc4ccc(F)cc4)C(=O)[C@@]23c2ccc(Cl)cc2)cc(Br)c1O. The summed E-state index contributed by atoms with van der Waals surface area (Å²) < 4.78 is 19.7. The monoisotopic (exact) mass is 814 g/mol. The third kappa shape index (κ3) is 5.22. The van der Waals surface area contributed by atoms with Crippen molar-refractivity contribution in [2.75, 3.05) is 17.4 Å². The van der Waals surface area contributed by atoms with Crippen LogP contribution in [-0.4, -0.2) is 45.8 Å². The number of methoxy groups -OCH3 is 1. The summed E-state index contributed by atoms with van der Waals surface area (Å²) in [5.41, 5.74) is 3.12. The second kappa shape index (κ2) is 13.1. The van der Waals surface area contributed by atoms with E-state index < -0.39 is 69.4 Å². The van der Waals surface area contributed by atoms with Crippen LogP contribution in [0.25, 0.3) is 0 Å². The predicted octanol–water partition coefficient (Wildman–Crippen LogP) is 7.05. The molecule has 0 radical (unpaired) electrons. The number of anilines is 2. The van der Waals surface area contributed by atoms with Crippen LogP contribution in [0.4, 0.5) is 21.5 Å². The molecule has 8 rings (SSSR count). The molecule has 0 aromatic heterocycles. The van der Waals surface area contributed by atoms with E-state index in [9.17, 15) is 34.0 Å². The third-order valence-corrected chi connectivity index (χ3v) is 12.0. The fourth-order valence-electron chi connectivity index (χ4n) is 8.92. The summed E-state index contributed by atoms with van der Waals surface area (Å²) >= 11 is 9.78. The van der Waals surface area contributed by atoms with Gasteiger partial charge in [0.25, 0.3) is 17.5 Å². The number of carbonyl (C=O) groups excluding carboxylic acids is 4. The number of phenolic OH excluding ortho intramolecular Hbond substituents is 1. The molecule has 3 fully saturated rings.